The zero-order chi connectivity index (χ0) is 13.4. The summed E-state index contributed by atoms with van der Waals surface area (Å²) in [5.41, 5.74) is 8.95. The van der Waals surface area contributed by atoms with Gasteiger partial charge in [0.1, 0.15) is 0 Å². The van der Waals surface area contributed by atoms with Crippen LogP contribution in [-0.2, 0) is 7.05 Å². The van der Waals surface area contributed by atoms with Crippen LogP contribution in [0.5, 0.6) is 5.75 Å². The Hall–Kier alpha value is -1.57. The number of nitrogens with zero attached hydrogens (tertiary/aromatic N) is 3. The van der Waals surface area contributed by atoms with Gasteiger partial charge in [0.05, 0.1) is 0 Å². The second-order valence-electron chi connectivity index (χ2n) is 4.15. The van der Waals surface area contributed by atoms with E-state index in [1.807, 2.05) is 35.9 Å². The first kappa shape index (κ1) is 12.5. The molecule has 0 saturated carbocycles. The number of fused-ring (bicyclic) bond motifs is 1. The first-order valence-electron chi connectivity index (χ1n) is 5.65. The van der Waals surface area contributed by atoms with E-state index in [2.05, 4.69) is 10.2 Å². The summed E-state index contributed by atoms with van der Waals surface area (Å²) in [4.78, 5) is 0. The fourth-order valence-electron chi connectivity index (χ4n) is 2.01. The third kappa shape index (κ3) is 2.09. The molecule has 2 heterocycles. The van der Waals surface area contributed by atoms with Crippen molar-refractivity contribution in [3.05, 3.63) is 40.1 Å². The van der Waals surface area contributed by atoms with E-state index in [9.17, 15) is 5.11 Å². The summed E-state index contributed by atoms with van der Waals surface area (Å²) in [7, 11) is 1.97. The summed E-state index contributed by atoms with van der Waals surface area (Å²) in [6, 6.07) is 11.0. The van der Waals surface area contributed by atoms with Gasteiger partial charge in [-0.25, -0.2) is 0 Å². The molecule has 0 atom stereocenters. The van der Waals surface area contributed by atoms with Gasteiger partial charge in [-0.15, -0.1) is 0 Å². The summed E-state index contributed by atoms with van der Waals surface area (Å²) in [5.74, 6) is 0.205. The van der Waals surface area contributed by atoms with E-state index in [0.717, 1.165) is 14.7 Å². The average molecular weight is 362 g/mol. The van der Waals surface area contributed by atoms with Gasteiger partial charge < -0.3 is 0 Å². The van der Waals surface area contributed by atoms with Gasteiger partial charge in [-0.3, -0.25) is 0 Å². The number of benzene rings is 1. The summed E-state index contributed by atoms with van der Waals surface area (Å²) in [5, 5.41) is 18.3. The normalized spacial score (nSPS) is 11.2. The van der Waals surface area contributed by atoms with Crippen molar-refractivity contribution in [1.82, 2.24) is 14.8 Å². The SMILES string of the molecule is [B][I-]c1cc2nnc(-c3ccccc3O)cc2n1C. The summed E-state index contributed by atoms with van der Waals surface area (Å²) in [6.07, 6.45) is 0. The molecule has 19 heavy (non-hydrogen) atoms. The zero-order valence-corrected chi connectivity index (χ0v) is 12.4. The number of hydrogen-bond donors (Lipinski definition) is 1. The number of halogens is 1. The minimum absolute atomic E-state index is 0.205. The third-order valence-electron chi connectivity index (χ3n) is 3.03. The number of aromatic hydroxyl groups is 1. The molecular weight excluding hydrogens is 352 g/mol. The minimum atomic E-state index is -0.486. The summed E-state index contributed by atoms with van der Waals surface area (Å²) in [6.45, 7) is 0. The number of phenolic OH excluding ortho intramolecular Hbond substituents is 1. The molecule has 2 radical (unpaired) electrons. The van der Waals surface area contributed by atoms with Crippen LogP contribution in [0.15, 0.2) is 36.4 Å². The molecule has 0 aliphatic rings. The van der Waals surface area contributed by atoms with Crippen LogP contribution in [0.4, 0.5) is 0 Å². The second kappa shape index (κ2) is 4.84. The van der Waals surface area contributed by atoms with Crippen LogP contribution in [0.25, 0.3) is 22.3 Å². The molecule has 0 fully saturated rings. The van der Waals surface area contributed by atoms with Crippen molar-refractivity contribution in [1.29, 1.82) is 0 Å². The Kier molecular flexibility index (Phi) is 3.18. The van der Waals surface area contributed by atoms with E-state index >= 15 is 0 Å². The van der Waals surface area contributed by atoms with Gasteiger partial charge in [0.15, 0.2) is 0 Å². The molecule has 0 amide bonds. The van der Waals surface area contributed by atoms with Crippen molar-refractivity contribution in [2.75, 3.05) is 0 Å². The molecule has 3 rings (SSSR count). The topological polar surface area (TPSA) is 50.9 Å². The van der Waals surface area contributed by atoms with E-state index in [1.165, 1.54) is 0 Å². The predicted octanol–water partition coefficient (Wildman–Crippen LogP) is -1.32. The molecule has 0 aliphatic carbocycles. The fourth-order valence-corrected chi connectivity index (χ4v) is 3.17. The first-order chi connectivity index (χ1) is 9.20. The molecule has 0 saturated heterocycles. The molecule has 0 aliphatic heterocycles. The van der Waals surface area contributed by atoms with Crippen molar-refractivity contribution in [3.8, 4) is 17.0 Å². The molecule has 3 aromatic rings. The van der Waals surface area contributed by atoms with Gasteiger partial charge >= 0.3 is 122 Å². The Balaban J connectivity index is 2.22. The molecule has 4 nitrogen and oxygen atoms in total. The van der Waals surface area contributed by atoms with Gasteiger partial charge in [0.2, 0.25) is 0 Å². The quantitative estimate of drug-likeness (QED) is 0.455. The number of hydrogen-bond acceptors (Lipinski definition) is 3. The predicted molar refractivity (Wildman–Crippen MR) is 70.1 cm³/mol. The summed E-state index contributed by atoms with van der Waals surface area (Å²) < 4.78 is 3.15. The monoisotopic (exact) mass is 362 g/mol. The average Bonchev–Trinajstić information content (AvgIpc) is 2.76. The molecule has 94 valence electrons. The van der Waals surface area contributed by atoms with E-state index in [4.69, 9.17) is 5.70 Å². The first-order valence-corrected chi connectivity index (χ1v) is 7.98. The number of aromatic nitrogens is 3. The second-order valence-corrected chi connectivity index (χ2v) is 5.88. The Morgan fingerprint density at radius 1 is 1.21 bits per heavy atom. The van der Waals surface area contributed by atoms with Crippen LogP contribution in [0.3, 0.4) is 0 Å². The molecule has 2 aromatic heterocycles. The molecule has 0 unspecified atom stereocenters. The number of aryl methyl sites for hydroxylation is 1. The Bertz CT molecular complexity index is 757. The van der Waals surface area contributed by atoms with Crippen LogP contribution >= 0.6 is 0 Å². The third-order valence-corrected chi connectivity index (χ3v) is 4.70. The number of para-hydroxylation sites is 1. The van der Waals surface area contributed by atoms with Crippen molar-refractivity contribution in [2.24, 2.45) is 7.05 Å². The van der Waals surface area contributed by atoms with Crippen molar-refractivity contribution >= 4 is 16.7 Å². The number of rotatable bonds is 2. The van der Waals surface area contributed by atoms with Crippen LogP contribution in [-0.4, -0.2) is 25.6 Å². The molecule has 1 N–H and O–H groups in total. The Morgan fingerprint density at radius 3 is 2.74 bits per heavy atom. The zero-order valence-electron chi connectivity index (χ0n) is 10.2. The fraction of sp³-hybridized carbons (Fsp3) is 0.0769. The van der Waals surface area contributed by atoms with E-state index in [0.29, 0.717) is 11.3 Å². The van der Waals surface area contributed by atoms with Crippen molar-refractivity contribution in [2.45, 2.75) is 0 Å². The van der Waals surface area contributed by atoms with Crippen molar-refractivity contribution < 1.29 is 26.1 Å². The Labute approximate surface area is 121 Å². The van der Waals surface area contributed by atoms with Crippen LogP contribution < -0.4 is 21.0 Å². The molecule has 1 aromatic carbocycles. The van der Waals surface area contributed by atoms with E-state index in [-0.39, 0.29) is 5.75 Å². The van der Waals surface area contributed by atoms with Crippen LogP contribution in [0.2, 0.25) is 0 Å². The van der Waals surface area contributed by atoms with Crippen LogP contribution in [0.1, 0.15) is 0 Å². The number of phenols is 1. The van der Waals surface area contributed by atoms with Gasteiger partial charge in [-0.05, 0) is 0 Å². The molecule has 0 bridgehead atoms. The standard InChI is InChI=1S/C13H10BIN3O/c1-18-11-6-9(8-4-2-3-5-12(8)19)16-17-10(11)7-13(18)15-14/h2-7,19H,1H3/q-1. The van der Waals surface area contributed by atoms with E-state index < -0.39 is 21.0 Å². The van der Waals surface area contributed by atoms with Crippen molar-refractivity contribution in [3.63, 3.8) is 0 Å². The van der Waals surface area contributed by atoms with Gasteiger partial charge in [-0.2, -0.15) is 0 Å². The van der Waals surface area contributed by atoms with E-state index in [1.54, 1.807) is 12.1 Å². The van der Waals surface area contributed by atoms with Gasteiger partial charge in [-0.1, -0.05) is 0 Å². The molecule has 6 heteroatoms. The van der Waals surface area contributed by atoms with Gasteiger partial charge in [0, 0.05) is 0 Å². The maximum atomic E-state index is 9.87. The molecule has 0 spiro atoms. The van der Waals surface area contributed by atoms with Gasteiger partial charge in [0.25, 0.3) is 0 Å². The molecular formula is C13H10BIN3O-. The maximum absolute atomic E-state index is 9.87. The Morgan fingerprint density at radius 2 is 2.00 bits per heavy atom. The summed E-state index contributed by atoms with van der Waals surface area (Å²) >= 11 is -0.486. The van der Waals surface area contributed by atoms with Crippen LogP contribution in [0, 0.1) is 3.70 Å².